The van der Waals surface area contributed by atoms with Crippen LogP contribution in [0.3, 0.4) is 0 Å². The van der Waals surface area contributed by atoms with Crippen molar-refractivity contribution in [1.82, 2.24) is 20.9 Å². The molecule has 14 heteroatoms. The van der Waals surface area contributed by atoms with Crippen molar-refractivity contribution < 1.29 is 38.2 Å². The summed E-state index contributed by atoms with van der Waals surface area (Å²) >= 11 is 0. The summed E-state index contributed by atoms with van der Waals surface area (Å²) in [5.41, 5.74) is 4.40. The minimum Gasteiger partial charge on any atom is -0.493 e. The summed E-state index contributed by atoms with van der Waals surface area (Å²) in [5.74, 6) is -0.542. The maximum Gasteiger partial charge on any atom is 0.260 e. The highest BCUT2D eigenvalue weighted by atomic mass is 16.5. The van der Waals surface area contributed by atoms with Gasteiger partial charge in [0.05, 0.1) is 37.6 Å². The minimum atomic E-state index is -0.787. The van der Waals surface area contributed by atoms with E-state index in [1.165, 1.54) is 0 Å². The number of rotatable bonds is 19. The molecule has 2 aromatic rings. The van der Waals surface area contributed by atoms with Crippen LogP contribution in [0.1, 0.15) is 67.8 Å². The van der Waals surface area contributed by atoms with Gasteiger partial charge in [0.25, 0.3) is 5.91 Å². The smallest absolute Gasteiger partial charge is 0.260 e. The zero-order chi connectivity index (χ0) is 37.6. The van der Waals surface area contributed by atoms with Gasteiger partial charge in [-0.25, -0.2) is 0 Å². The van der Waals surface area contributed by atoms with Crippen molar-refractivity contribution in [3.8, 4) is 11.5 Å². The van der Waals surface area contributed by atoms with Crippen LogP contribution in [-0.2, 0) is 23.9 Å². The molecule has 280 valence electrons. The van der Waals surface area contributed by atoms with Crippen LogP contribution in [0.5, 0.6) is 11.5 Å². The van der Waals surface area contributed by atoms with Gasteiger partial charge < -0.3 is 40.4 Å². The molecule has 4 N–H and O–H groups in total. The lowest BCUT2D eigenvalue weighted by molar-refractivity contribution is -0.129. The van der Waals surface area contributed by atoms with Gasteiger partial charge in [0, 0.05) is 30.6 Å². The first-order chi connectivity index (χ1) is 25.8. The number of allylic oxidation sites excluding steroid dienone is 3. The van der Waals surface area contributed by atoms with Crippen LogP contribution in [0.2, 0.25) is 0 Å². The molecular weight excluding hydrogens is 680 g/mol. The largest absolute Gasteiger partial charge is 0.493 e. The van der Waals surface area contributed by atoms with Crippen molar-refractivity contribution in [1.29, 1.82) is 0 Å². The number of methoxy groups -OCH3 is 1. The Hall–Kier alpha value is -5.76. The van der Waals surface area contributed by atoms with Gasteiger partial charge in [-0.1, -0.05) is 55.7 Å². The lowest BCUT2D eigenvalue weighted by Crippen LogP contribution is -2.47. The molecular formula is C39H46N6O8. The fourth-order valence-corrected chi connectivity index (χ4v) is 6.09. The van der Waals surface area contributed by atoms with Crippen LogP contribution in [0.4, 0.5) is 11.4 Å². The quantitative estimate of drug-likeness (QED) is 0.0948. The molecule has 0 aromatic heterocycles. The van der Waals surface area contributed by atoms with E-state index in [2.05, 4.69) is 33.2 Å². The number of amides is 5. The predicted octanol–water partition coefficient (Wildman–Crippen LogP) is 4.16. The standard InChI is InChI=1S/C39H46N6O8/c1-3-4-8-15-53-35-19-32-31(18-34(35)51-2)39(50)45-22-28(17-30(45)20-40-32)27-11-13-29(14-12-27)44-37(48)23-52-25-43-36(47)21-41-38(49)33(42-24-46)16-26-9-6-5-7-10-26/h5-6,9,11-14,18-20,22,24,30,33H,3-4,7-8,10,15-17,21,23,25H2,1-2H3,(H,41,49)(H,42,46)(H,43,47)(H,44,48). The second-order valence-corrected chi connectivity index (χ2v) is 12.8. The number of anilines is 1. The van der Waals surface area contributed by atoms with E-state index < -0.39 is 23.8 Å². The summed E-state index contributed by atoms with van der Waals surface area (Å²) in [5, 5.41) is 10.2. The average Bonchev–Trinajstić information content (AvgIpc) is 3.56. The Morgan fingerprint density at radius 3 is 2.64 bits per heavy atom. The monoisotopic (exact) mass is 726 g/mol. The first-order valence-electron chi connectivity index (χ1n) is 17.8. The molecule has 0 saturated carbocycles. The fraction of sp³-hybridized carbons (Fsp3) is 0.385. The first kappa shape index (κ1) is 38.5. The number of fused-ring (bicyclic) bond motifs is 2. The number of ether oxygens (including phenoxy) is 3. The molecule has 2 aliphatic heterocycles. The molecule has 2 heterocycles. The van der Waals surface area contributed by atoms with Crippen molar-refractivity contribution in [2.75, 3.05) is 38.9 Å². The molecule has 0 saturated heterocycles. The fourth-order valence-electron chi connectivity index (χ4n) is 6.09. The van der Waals surface area contributed by atoms with E-state index in [1.54, 1.807) is 42.5 Å². The highest BCUT2D eigenvalue weighted by Crippen LogP contribution is 2.40. The number of nitrogens with one attached hydrogen (secondary N) is 4. The minimum absolute atomic E-state index is 0.181. The Morgan fingerprint density at radius 1 is 1.08 bits per heavy atom. The number of unbranched alkanes of at least 4 members (excludes halogenated alkanes) is 2. The highest BCUT2D eigenvalue weighted by molar-refractivity contribution is 6.05. The van der Waals surface area contributed by atoms with Crippen molar-refractivity contribution in [3.05, 3.63) is 77.5 Å². The third-order valence-electron chi connectivity index (χ3n) is 8.94. The van der Waals surface area contributed by atoms with Gasteiger partial charge >= 0.3 is 0 Å². The molecule has 0 spiro atoms. The summed E-state index contributed by atoms with van der Waals surface area (Å²) in [6.45, 7) is 1.82. The molecule has 1 aliphatic carbocycles. The van der Waals surface area contributed by atoms with E-state index >= 15 is 0 Å². The van der Waals surface area contributed by atoms with E-state index in [1.807, 2.05) is 36.6 Å². The second kappa shape index (κ2) is 19.2. The number of carbonyl (C=O) groups excluding carboxylic acids is 5. The maximum atomic E-state index is 13.7. The Bertz CT molecular complexity index is 1780. The topological polar surface area (TPSA) is 177 Å². The van der Waals surface area contributed by atoms with Gasteiger partial charge in [-0.2, -0.15) is 0 Å². The summed E-state index contributed by atoms with van der Waals surface area (Å²) < 4.78 is 16.8. The second-order valence-electron chi connectivity index (χ2n) is 12.8. The van der Waals surface area contributed by atoms with Crippen molar-refractivity contribution in [2.24, 2.45) is 4.99 Å². The molecule has 0 bridgehead atoms. The molecule has 0 radical (unpaired) electrons. The zero-order valence-electron chi connectivity index (χ0n) is 30.0. The van der Waals surface area contributed by atoms with Crippen molar-refractivity contribution >= 4 is 53.2 Å². The Morgan fingerprint density at radius 2 is 1.91 bits per heavy atom. The molecule has 2 aromatic carbocycles. The summed E-state index contributed by atoms with van der Waals surface area (Å²) in [6.07, 6.45) is 15.6. The molecule has 2 atom stereocenters. The normalized spacial score (nSPS) is 16.3. The number of benzene rings is 2. The van der Waals surface area contributed by atoms with Crippen LogP contribution >= 0.6 is 0 Å². The van der Waals surface area contributed by atoms with Crippen molar-refractivity contribution in [3.63, 3.8) is 0 Å². The zero-order valence-corrected chi connectivity index (χ0v) is 30.0. The number of carbonyl (C=O) groups is 5. The van der Waals surface area contributed by atoms with Crippen LogP contribution in [-0.4, -0.2) is 86.8 Å². The SMILES string of the molecule is CCCCCOc1cc2c(cc1OC)C(=O)N1C=C(c3ccc(NC(=O)COCNC(=O)CNC(=O)C(CC4=CC=CCC4)NC=O)cc3)CC1C=N2. The highest BCUT2D eigenvalue weighted by Gasteiger charge is 2.33. The van der Waals surface area contributed by atoms with Crippen LogP contribution < -0.4 is 30.7 Å². The summed E-state index contributed by atoms with van der Waals surface area (Å²) in [6, 6.07) is 9.66. The van der Waals surface area contributed by atoms with Gasteiger partial charge in [-0.3, -0.25) is 29.0 Å². The Kier molecular flexibility index (Phi) is 13.9. The summed E-state index contributed by atoms with van der Waals surface area (Å²) in [7, 11) is 1.55. The Balaban J connectivity index is 1.05. The molecule has 14 nitrogen and oxygen atoms in total. The molecule has 2 unspecified atom stereocenters. The van der Waals surface area contributed by atoms with E-state index in [0.717, 1.165) is 48.8 Å². The van der Waals surface area contributed by atoms with E-state index in [0.29, 0.717) is 54.3 Å². The predicted molar refractivity (Wildman–Crippen MR) is 200 cm³/mol. The molecule has 0 fully saturated rings. The van der Waals surface area contributed by atoms with Gasteiger partial charge in [-0.15, -0.1) is 0 Å². The number of hydrogen-bond donors (Lipinski definition) is 4. The molecule has 5 rings (SSSR count). The van der Waals surface area contributed by atoms with Crippen LogP contribution in [0, 0.1) is 0 Å². The van der Waals surface area contributed by atoms with Gasteiger partial charge in [-0.05, 0) is 55.0 Å². The summed E-state index contributed by atoms with van der Waals surface area (Å²) in [4.78, 5) is 68.1. The third-order valence-corrected chi connectivity index (χ3v) is 8.94. The van der Waals surface area contributed by atoms with E-state index in [4.69, 9.17) is 14.2 Å². The van der Waals surface area contributed by atoms with Gasteiger partial charge in [0.2, 0.25) is 24.1 Å². The Labute approximate surface area is 308 Å². The third kappa shape index (κ3) is 10.6. The average molecular weight is 727 g/mol. The van der Waals surface area contributed by atoms with E-state index in [9.17, 15) is 24.0 Å². The number of aliphatic imine (C=N–C) groups is 1. The van der Waals surface area contributed by atoms with Gasteiger partial charge in [0.1, 0.15) is 19.4 Å². The van der Waals surface area contributed by atoms with Crippen LogP contribution in [0.15, 0.2) is 71.4 Å². The number of nitrogens with zero attached hydrogens (tertiary/aromatic N) is 2. The van der Waals surface area contributed by atoms with Crippen molar-refractivity contribution in [2.45, 2.75) is 64.0 Å². The lowest BCUT2D eigenvalue weighted by Gasteiger charge is -2.19. The maximum absolute atomic E-state index is 13.7. The number of hydrogen-bond acceptors (Lipinski definition) is 9. The molecule has 5 amide bonds. The van der Waals surface area contributed by atoms with E-state index in [-0.39, 0.29) is 31.8 Å². The molecule has 53 heavy (non-hydrogen) atoms. The van der Waals surface area contributed by atoms with Gasteiger partial charge in [0.15, 0.2) is 11.5 Å². The lowest BCUT2D eigenvalue weighted by atomic mass is 9.97. The van der Waals surface area contributed by atoms with Crippen LogP contribution in [0.25, 0.3) is 5.57 Å². The first-order valence-corrected chi connectivity index (χ1v) is 17.8. The molecule has 3 aliphatic rings.